The molecule has 0 bridgehead atoms. The molecule has 0 amide bonds. The van der Waals surface area contributed by atoms with E-state index in [2.05, 4.69) is 131 Å². The first-order valence-corrected chi connectivity index (χ1v) is 43.9. The van der Waals surface area contributed by atoms with Crippen molar-refractivity contribution in [1.82, 2.24) is 17.5 Å². The van der Waals surface area contributed by atoms with Crippen molar-refractivity contribution in [3.63, 3.8) is 0 Å². The SMILES string of the molecule is CCCCCCCCCCCCc1cc(-c2cc(Cl)c(-c3cc(CCCCCCCCCCCC)c(Br)s3)c3nsnc23)sc1Br.CCCCCCCCCCCCc1csc(-c2cc(Cl)c(-c3cc(CCCCCCCCCCCC)cs3)c3nsnc23)c1.[B]=NS. The van der Waals surface area contributed by atoms with Crippen molar-refractivity contribution in [3.05, 3.63) is 87.0 Å². The summed E-state index contributed by atoms with van der Waals surface area (Å²) < 4.78 is 24.2. The first-order valence-electron chi connectivity index (χ1n) is 36.3. The number of thiophene rings is 4. The third kappa shape index (κ3) is 29.0. The molecule has 5 nitrogen and oxygen atoms in total. The van der Waals surface area contributed by atoms with Crippen LogP contribution in [0, 0.1) is 0 Å². The summed E-state index contributed by atoms with van der Waals surface area (Å²) >= 11 is 34.8. The summed E-state index contributed by atoms with van der Waals surface area (Å²) in [6.07, 6.45) is 59.3. The van der Waals surface area contributed by atoms with Gasteiger partial charge in [-0.25, -0.2) is 0 Å². The molecule has 8 aromatic rings. The van der Waals surface area contributed by atoms with E-state index in [4.69, 9.17) is 40.7 Å². The summed E-state index contributed by atoms with van der Waals surface area (Å²) in [4.78, 5) is 4.87. The number of nitrogens with zero attached hydrogens (tertiary/aromatic N) is 5. The van der Waals surface area contributed by atoms with E-state index in [1.54, 1.807) is 34.0 Å². The third-order valence-electron chi connectivity index (χ3n) is 18.1. The van der Waals surface area contributed by atoms with Crippen LogP contribution in [0.1, 0.15) is 307 Å². The first kappa shape index (κ1) is 80.6. The molecule has 17 heteroatoms. The van der Waals surface area contributed by atoms with Gasteiger partial charge < -0.3 is 0 Å². The van der Waals surface area contributed by atoms with Gasteiger partial charge in [0.2, 0.25) is 0 Å². The van der Waals surface area contributed by atoms with Crippen LogP contribution in [-0.2, 0) is 25.7 Å². The Labute approximate surface area is 621 Å². The second-order valence-corrected chi connectivity index (χ2v) is 34.5. The Morgan fingerprint density at radius 2 is 0.645 bits per heavy atom. The van der Waals surface area contributed by atoms with Gasteiger partial charge in [0.05, 0.1) is 41.1 Å². The fourth-order valence-corrected chi connectivity index (χ4v) is 20.0. The Kier molecular flexibility index (Phi) is 42.7. The van der Waals surface area contributed by atoms with Gasteiger partial charge in [0, 0.05) is 41.8 Å². The predicted molar refractivity (Wildman–Crippen MR) is 433 cm³/mol. The van der Waals surface area contributed by atoms with Crippen LogP contribution in [0.15, 0.2) is 59.0 Å². The van der Waals surface area contributed by atoms with Crippen molar-refractivity contribution in [1.29, 1.82) is 0 Å². The molecule has 0 N–H and O–H groups in total. The normalized spacial score (nSPS) is 11.5. The quantitative estimate of drug-likeness (QED) is 0.0234. The molecule has 93 heavy (non-hydrogen) atoms. The van der Waals surface area contributed by atoms with Gasteiger partial charge in [0.1, 0.15) is 22.1 Å². The minimum absolute atomic E-state index is 0.759. The number of aryl methyl sites for hydroxylation is 4. The van der Waals surface area contributed by atoms with Crippen LogP contribution in [0.25, 0.3) is 63.8 Å². The number of fused-ring (bicyclic) bond motifs is 2. The molecule has 511 valence electrons. The maximum atomic E-state index is 7.07. The molecular weight excluding hydrogens is 1450 g/mol. The van der Waals surface area contributed by atoms with Gasteiger partial charge in [-0.05, 0) is 153 Å². The number of thiol groups is 1. The minimum atomic E-state index is 0.759. The van der Waals surface area contributed by atoms with Crippen LogP contribution in [0.2, 0.25) is 10.0 Å². The van der Waals surface area contributed by atoms with Gasteiger partial charge in [-0.1, -0.05) is 282 Å². The van der Waals surface area contributed by atoms with Crippen molar-refractivity contribution >= 4 is 166 Å². The molecule has 0 spiro atoms. The zero-order chi connectivity index (χ0) is 66.1. The number of hydrogen-bond acceptors (Lipinski definition) is 12. The Bertz CT molecular complexity index is 3270. The van der Waals surface area contributed by atoms with Crippen LogP contribution < -0.4 is 0 Å². The average molecular weight is 1560 g/mol. The van der Waals surface area contributed by atoms with E-state index in [0.29, 0.717) is 0 Å². The van der Waals surface area contributed by atoms with Crippen molar-refractivity contribution in [2.75, 3.05) is 0 Å². The Morgan fingerprint density at radius 3 is 1.02 bits per heavy atom. The van der Waals surface area contributed by atoms with Gasteiger partial charge in [0.15, 0.2) is 0 Å². The van der Waals surface area contributed by atoms with E-state index in [1.807, 2.05) is 11.3 Å². The molecule has 0 fully saturated rings. The molecule has 0 saturated carbocycles. The zero-order valence-corrected chi connectivity index (χ0v) is 67.4. The summed E-state index contributed by atoms with van der Waals surface area (Å²) in [6, 6.07) is 13.6. The number of benzene rings is 2. The molecule has 1 radical (unpaired) electrons. The average Bonchev–Trinajstić information content (AvgIpc) is 1.67. The monoisotopic (exact) mass is 1550 g/mol. The van der Waals surface area contributed by atoms with Gasteiger partial charge in [0.25, 0.3) is 0 Å². The molecular formula is C76H109BBr2Cl2N5S7. The van der Waals surface area contributed by atoms with Crippen molar-refractivity contribution in [2.45, 2.75) is 310 Å². The van der Waals surface area contributed by atoms with Crippen molar-refractivity contribution in [3.8, 4) is 41.8 Å². The fourth-order valence-electron chi connectivity index (χ4n) is 12.6. The maximum absolute atomic E-state index is 7.07. The van der Waals surface area contributed by atoms with E-state index in [0.717, 1.165) is 80.0 Å². The molecule has 0 saturated heterocycles. The summed E-state index contributed by atoms with van der Waals surface area (Å²) in [5, 5.41) is 6.20. The van der Waals surface area contributed by atoms with Gasteiger partial charge in [-0.15, -0.1) is 45.3 Å². The molecule has 0 unspecified atom stereocenters. The third-order valence-corrected chi connectivity index (χ3v) is 25.7. The number of aromatic nitrogens is 4. The van der Waals surface area contributed by atoms with Crippen LogP contribution in [-0.4, -0.2) is 25.1 Å². The van der Waals surface area contributed by atoms with Crippen LogP contribution in [0.5, 0.6) is 0 Å². The molecule has 0 aliphatic rings. The Hall–Kier alpha value is -1.37. The zero-order valence-electron chi connectivity index (χ0n) is 57.0. The van der Waals surface area contributed by atoms with Crippen LogP contribution in [0.3, 0.4) is 0 Å². The van der Waals surface area contributed by atoms with E-state index in [9.17, 15) is 0 Å². The number of halogens is 4. The second-order valence-electron chi connectivity index (χ2n) is 25.8. The fraction of sp³-hybridized carbons (Fsp3) is 0.632. The standard InChI is InChI=1S/C38H53Br2ClN2S3.C38H55ClN2S3.BHNS/c1-3-5-7-9-11-13-15-17-19-21-23-28-25-32(44-37(28)39)30-27-31(41)34(36-35(30)42-46-43-36)33-26-29(38(40)45-33)24-22-20-18-16-14-12-10-8-6-4-2;1-3-5-7-9-11-13-15-17-19-21-23-30-25-34(42-28-30)32-27-33(39)36(38-37(32)40-44-41-38)35-26-31(29-43-35)24-22-20-18-16-14-12-10-8-6-4-2;1-2-3/h25-27H,3-24H2,1-2H3;25-29H,3-24H2,1-2H3;3H. The summed E-state index contributed by atoms with van der Waals surface area (Å²) in [5.41, 5.74) is 13.8. The van der Waals surface area contributed by atoms with E-state index in [1.165, 1.54) is 330 Å². The topological polar surface area (TPSA) is 63.9 Å². The number of unbranched alkanes of at least 4 members (excludes halogenated alkanes) is 36. The second kappa shape index (κ2) is 49.2. The molecule has 8 rings (SSSR count). The molecule has 6 heterocycles. The van der Waals surface area contributed by atoms with Crippen LogP contribution in [0.4, 0.5) is 0 Å². The summed E-state index contributed by atoms with van der Waals surface area (Å²) in [6.45, 7) is 9.15. The Balaban J connectivity index is 0.000000283. The molecule has 0 aliphatic carbocycles. The molecule has 0 aliphatic heterocycles. The molecule has 0 atom stereocenters. The van der Waals surface area contributed by atoms with Crippen molar-refractivity contribution in [2.24, 2.45) is 4.30 Å². The first-order chi connectivity index (χ1) is 45.6. The van der Waals surface area contributed by atoms with Crippen LogP contribution >= 0.6 is 137 Å². The van der Waals surface area contributed by atoms with Gasteiger partial charge in [-0.3, -0.25) is 0 Å². The number of hydrogen-bond donors (Lipinski definition) is 1. The Morgan fingerprint density at radius 1 is 0.366 bits per heavy atom. The van der Waals surface area contributed by atoms with Crippen molar-refractivity contribution < 1.29 is 0 Å². The summed E-state index contributed by atoms with van der Waals surface area (Å²) in [7, 11) is 4.34. The van der Waals surface area contributed by atoms with E-state index in [-0.39, 0.29) is 0 Å². The number of rotatable bonds is 48. The molecule has 6 aromatic heterocycles. The summed E-state index contributed by atoms with van der Waals surface area (Å²) in [5.74, 6) is 0. The van der Waals surface area contributed by atoms with E-state index >= 15 is 0 Å². The molecule has 2 aromatic carbocycles. The predicted octanol–water partition coefficient (Wildman–Crippen LogP) is 31.2. The van der Waals surface area contributed by atoms with E-state index < -0.39 is 0 Å². The van der Waals surface area contributed by atoms with Gasteiger partial charge >= 0.3 is 24.8 Å². The van der Waals surface area contributed by atoms with Gasteiger partial charge in [-0.2, -0.15) is 17.5 Å².